The van der Waals surface area contributed by atoms with Crippen LogP contribution in [0.5, 0.6) is 0 Å². The zero-order chi connectivity index (χ0) is 15.8. The molecule has 120 valence electrons. The smallest absolute Gasteiger partial charge is 0.220 e. The molecular weight excluding hydrogens is 308 g/mol. The molecule has 0 saturated heterocycles. The molecule has 2 atom stereocenters. The number of hydrogen-bond donors (Lipinski definition) is 2. The Hall–Kier alpha value is -1.74. The van der Waals surface area contributed by atoms with E-state index < -0.39 is 0 Å². The van der Waals surface area contributed by atoms with Crippen molar-refractivity contribution in [2.24, 2.45) is 5.92 Å². The maximum Gasteiger partial charge on any atom is 0.220 e. The average Bonchev–Trinajstić information content (AvgIpc) is 3.15. The number of aromatic amines is 1. The molecule has 0 bridgehead atoms. The number of hydrogen-bond acceptors (Lipinski definition) is 1. The molecule has 1 heterocycles. The van der Waals surface area contributed by atoms with E-state index in [0.29, 0.717) is 12.3 Å². The Labute approximate surface area is 141 Å². The maximum absolute atomic E-state index is 12.3. The van der Waals surface area contributed by atoms with E-state index in [0.717, 1.165) is 42.6 Å². The Bertz CT molecular complexity index is 777. The lowest BCUT2D eigenvalue weighted by atomic mass is 9.91. The number of para-hydroxylation sites is 1. The molecule has 1 aromatic carbocycles. The van der Waals surface area contributed by atoms with E-state index in [-0.39, 0.29) is 11.9 Å². The number of H-pyrrole nitrogens is 1. The van der Waals surface area contributed by atoms with Gasteiger partial charge in [0.25, 0.3) is 0 Å². The lowest BCUT2D eigenvalue weighted by Gasteiger charge is -2.24. The molecule has 0 saturated carbocycles. The number of rotatable bonds is 3. The normalized spacial score (nSPS) is 23.2. The zero-order valence-electron chi connectivity index (χ0n) is 13.1. The molecule has 1 aromatic heterocycles. The maximum atomic E-state index is 12.3. The van der Waals surface area contributed by atoms with Crippen molar-refractivity contribution in [1.82, 2.24) is 10.3 Å². The van der Waals surface area contributed by atoms with Gasteiger partial charge >= 0.3 is 0 Å². The van der Waals surface area contributed by atoms with Crippen molar-refractivity contribution in [3.63, 3.8) is 0 Å². The number of benzene rings is 1. The van der Waals surface area contributed by atoms with Crippen LogP contribution in [0.25, 0.3) is 10.9 Å². The van der Waals surface area contributed by atoms with Crippen LogP contribution in [0, 0.1) is 5.92 Å². The van der Waals surface area contributed by atoms with E-state index in [1.165, 1.54) is 16.6 Å². The Morgan fingerprint density at radius 1 is 1.35 bits per heavy atom. The molecule has 2 aromatic rings. The SMILES string of the molecule is O=C(C[C@H]1C=CCC1)N[C@H]1CCc2[nH]c3c(Cl)cccc3c2C1. The number of allylic oxidation sites excluding steroid dienone is 2. The number of aromatic nitrogens is 1. The van der Waals surface area contributed by atoms with Crippen molar-refractivity contribution in [2.45, 2.75) is 44.6 Å². The zero-order valence-corrected chi connectivity index (χ0v) is 13.8. The summed E-state index contributed by atoms with van der Waals surface area (Å²) < 4.78 is 0. The number of aryl methyl sites for hydroxylation is 1. The molecule has 2 N–H and O–H groups in total. The van der Waals surface area contributed by atoms with Gasteiger partial charge in [-0.15, -0.1) is 0 Å². The van der Waals surface area contributed by atoms with Gasteiger partial charge in [-0.05, 0) is 49.7 Å². The summed E-state index contributed by atoms with van der Waals surface area (Å²) >= 11 is 6.29. The van der Waals surface area contributed by atoms with Gasteiger partial charge in [0, 0.05) is 23.5 Å². The highest BCUT2D eigenvalue weighted by Crippen LogP contribution is 2.32. The number of halogens is 1. The van der Waals surface area contributed by atoms with Crippen LogP contribution in [0.2, 0.25) is 5.02 Å². The quantitative estimate of drug-likeness (QED) is 0.817. The fourth-order valence-electron chi connectivity index (χ4n) is 3.92. The van der Waals surface area contributed by atoms with Crippen LogP contribution in [-0.4, -0.2) is 16.9 Å². The van der Waals surface area contributed by atoms with Crippen LogP contribution >= 0.6 is 11.6 Å². The Balaban J connectivity index is 1.48. The molecular formula is C19H21ClN2O. The first-order chi connectivity index (χ1) is 11.2. The van der Waals surface area contributed by atoms with Crippen molar-refractivity contribution >= 4 is 28.4 Å². The van der Waals surface area contributed by atoms with E-state index in [9.17, 15) is 4.79 Å². The second-order valence-corrected chi connectivity index (χ2v) is 7.13. The van der Waals surface area contributed by atoms with Crippen molar-refractivity contribution < 1.29 is 4.79 Å². The predicted molar refractivity (Wildman–Crippen MR) is 93.7 cm³/mol. The molecule has 0 aliphatic heterocycles. The highest BCUT2D eigenvalue weighted by atomic mass is 35.5. The fourth-order valence-corrected chi connectivity index (χ4v) is 4.14. The number of fused-ring (bicyclic) bond motifs is 3. The lowest BCUT2D eigenvalue weighted by Crippen LogP contribution is -2.39. The average molecular weight is 329 g/mol. The lowest BCUT2D eigenvalue weighted by molar-refractivity contribution is -0.122. The largest absolute Gasteiger partial charge is 0.357 e. The minimum Gasteiger partial charge on any atom is -0.357 e. The third-order valence-corrected chi connectivity index (χ3v) is 5.41. The van der Waals surface area contributed by atoms with Gasteiger partial charge in [-0.25, -0.2) is 0 Å². The molecule has 0 radical (unpaired) electrons. The summed E-state index contributed by atoms with van der Waals surface area (Å²) in [4.78, 5) is 15.7. The van der Waals surface area contributed by atoms with Crippen molar-refractivity contribution in [3.05, 3.63) is 46.6 Å². The standard InChI is InChI=1S/C19H21ClN2O/c20-16-7-3-6-14-15-11-13(8-9-17(15)22-19(14)16)21-18(23)10-12-4-1-2-5-12/h1,3-4,6-7,12-13,22H,2,5,8-11H2,(H,21,23)/t12-,13-/m0/s1. The van der Waals surface area contributed by atoms with Gasteiger partial charge < -0.3 is 10.3 Å². The van der Waals surface area contributed by atoms with Crippen LogP contribution in [0.4, 0.5) is 0 Å². The minimum atomic E-state index is 0.188. The molecule has 2 aliphatic carbocycles. The predicted octanol–water partition coefficient (Wildman–Crippen LogP) is 4.15. The van der Waals surface area contributed by atoms with Crippen LogP contribution in [0.3, 0.4) is 0 Å². The summed E-state index contributed by atoms with van der Waals surface area (Å²) in [6.07, 6.45) is 10.1. The summed E-state index contributed by atoms with van der Waals surface area (Å²) in [7, 11) is 0. The van der Waals surface area contributed by atoms with Gasteiger partial charge in [0.05, 0.1) is 10.5 Å². The van der Waals surface area contributed by atoms with Crippen LogP contribution in [-0.2, 0) is 17.6 Å². The Morgan fingerprint density at radius 2 is 2.26 bits per heavy atom. The van der Waals surface area contributed by atoms with Crippen molar-refractivity contribution in [2.75, 3.05) is 0 Å². The number of carbonyl (C=O) groups excluding carboxylic acids is 1. The van der Waals surface area contributed by atoms with Crippen molar-refractivity contribution in [3.8, 4) is 0 Å². The summed E-state index contributed by atoms with van der Waals surface area (Å²) in [6, 6.07) is 6.26. The van der Waals surface area contributed by atoms with Gasteiger partial charge in [0.1, 0.15) is 0 Å². The van der Waals surface area contributed by atoms with E-state index in [1.54, 1.807) is 0 Å². The summed E-state index contributed by atoms with van der Waals surface area (Å²) in [5.74, 6) is 0.619. The second kappa shape index (κ2) is 6.04. The van der Waals surface area contributed by atoms with Crippen molar-refractivity contribution in [1.29, 1.82) is 0 Å². The van der Waals surface area contributed by atoms with Gasteiger partial charge in [-0.1, -0.05) is 35.9 Å². The molecule has 2 aliphatic rings. The fraction of sp³-hybridized carbons (Fsp3) is 0.421. The number of nitrogens with one attached hydrogen (secondary N) is 2. The van der Waals surface area contributed by atoms with Crippen LogP contribution in [0.1, 0.15) is 36.9 Å². The van der Waals surface area contributed by atoms with Crippen LogP contribution < -0.4 is 5.32 Å². The van der Waals surface area contributed by atoms with Gasteiger partial charge in [0.2, 0.25) is 5.91 Å². The third-order valence-electron chi connectivity index (χ3n) is 5.10. The molecule has 4 rings (SSSR count). The second-order valence-electron chi connectivity index (χ2n) is 6.72. The van der Waals surface area contributed by atoms with Gasteiger partial charge in [-0.3, -0.25) is 4.79 Å². The van der Waals surface area contributed by atoms with E-state index >= 15 is 0 Å². The summed E-state index contributed by atoms with van der Waals surface area (Å²) in [5, 5.41) is 5.20. The molecule has 0 unspecified atom stereocenters. The minimum absolute atomic E-state index is 0.188. The summed E-state index contributed by atoms with van der Waals surface area (Å²) in [5.41, 5.74) is 3.62. The van der Waals surface area contributed by atoms with E-state index in [1.807, 2.05) is 12.1 Å². The van der Waals surface area contributed by atoms with Crippen LogP contribution in [0.15, 0.2) is 30.4 Å². The first-order valence-corrected chi connectivity index (χ1v) is 8.82. The molecule has 4 heteroatoms. The first-order valence-electron chi connectivity index (χ1n) is 8.44. The highest BCUT2D eigenvalue weighted by Gasteiger charge is 2.25. The van der Waals surface area contributed by atoms with E-state index in [4.69, 9.17) is 11.6 Å². The summed E-state index contributed by atoms with van der Waals surface area (Å²) in [6.45, 7) is 0. The third kappa shape index (κ3) is 2.90. The molecule has 1 amide bonds. The van der Waals surface area contributed by atoms with Gasteiger partial charge in [-0.2, -0.15) is 0 Å². The molecule has 3 nitrogen and oxygen atoms in total. The first kappa shape index (κ1) is 14.8. The van der Waals surface area contributed by atoms with Gasteiger partial charge in [0.15, 0.2) is 0 Å². The Morgan fingerprint density at radius 3 is 3.09 bits per heavy atom. The topological polar surface area (TPSA) is 44.9 Å². The molecule has 0 spiro atoms. The highest BCUT2D eigenvalue weighted by molar-refractivity contribution is 6.35. The molecule has 0 fully saturated rings. The molecule has 23 heavy (non-hydrogen) atoms. The van der Waals surface area contributed by atoms with E-state index in [2.05, 4.69) is 28.5 Å². The Kier molecular flexibility index (Phi) is 3.90. The number of amides is 1. The monoisotopic (exact) mass is 328 g/mol. The number of carbonyl (C=O) groups is 1.